The van der Waals surface area contributed by atoms with Gasteiger partial charge in [-0.1, -0.05) is 92.7 Å². The van der Waals surface area contributed by atoms with Crippen molar-refractivity contribution in [3.63, 3.8) is 0 Å². The van der Waals surface area contributed by atoms with E-state index >= 15 is 0 Å². The Morgan fingerprint density at radius 1 is 0.595 bits per heavy atom. The maximum atomic E-state index is 4.92. The lowest BCUT2D eigenvalue weighted by Crippen LogP contribution is -2.16. The molecule has 0 radical (unpaired) electrons. The fourth-order valence-corrected chi connectivity index (χ4v) is 6.62. The molecule has 0 atom stereocenters. The fourth-order valence-electron chi connectivity index (χ4n) is 5.61. The molecule has 7 rings (SSSR count). The Hall–Kier alpha value is -4.21. The first-order valence-electron chi connectivity index (χ1n) is 12.7. The van der Waals surface area contributed by atoms with E-state index in [4.69, 9.17) is 4.98 Å². The number of thiazole rings is 1. The normalized spacial score (nSPS) is 13.4. The molecule has 0 N–H and O–H groups in total. The standard InChI is InChI=1S/C34H26N2S/c1-34(2)29-16-10-9-15-27(29)28-19-17-25(21-30(28)34)36(24-13-7-4-8-14-24)26-18-20-31-32(22-26)37-33(35-31)23-11-5-3-6-12-23/h3-22H,1-2H3. The Morgan fingerprint density at radius 2 is 1.24 bits per heavy atom. The van der Waals surface area contributed by atoms with E-state index in [1.807, 2.05) is 6.07 Å². The second kappa shape index (κ2) is 8.43. The number of hydrogen-bond donors (Lipinski definition) is 0. The smallest absolute Gasteiger partial charge is 0.124 e. The number of nitrogens with zero attached hydrogens (tertiary/aromatic N) is 2. The van der Waals surface area contributed by atoms with Crippen LogP contribution in [0.4, 0.5) is 17.1 Å². The molecule has 1 aliphatic rings. The van der Waals surface area contributed by atoms with E-state index in [0.29, 0.717) is 0 Å². The lowest BCUT2D eigenvalue weighted by Gasteiger charge is -2.28. The van der Waals surface area contributed by atoms with Crippen molar-refractivity contribution in [3.8, 4) is 21.7 Å². The molecular formula is C34H26N2S. The number of benzene rings is 5. The van der Waals surface area contributed by atoms with Crippen molar-refractivity contribution in [2.45, 2.75) is 19.3 Å². The first-order valence-corrected chi connectivity index (χ1v) is 13.5. The van der Waals surface area contributed by atoms with Gasteiger partial charge in [0, 0.05) is 28.0 Å². The predicted molar refractivity (Wildman–Crippen MR) is 157 cm³/mol. The lowest BCUT2D eigenvalue weighted by atomic mass is 9.82. The van der Waals surface area contributed by atoms with Gasteiger partial charge in [-0.3, -0.25) is 0 Å². The molecule has 0 unspecified atom stereocenters. The topological polar surface area (TPSA) is 16.1 Å². The molecule has 37 heavy (non-hydrogen) atoms. The van der Waals surface area contributed by atoms with Crippen molar-refractivity contribution in [1.82, 2.24) is 4.98 Å². The van der Waals surface area contributed by atoms with Gasteiger partial charge in [0.15, 0.2) is 0 Å². The minimum Gasteiger partial charge on any atom is -0.310 e. The second-order valence-electron chi connectivity index (χ2n) is 10.1. The van der Waals surface area contributed by atoms with Crippen molar-refractivity contribution in [3.05, 3.63) is 132 Å². The zero-order chi connectivity index (χ0) is 25.0. The van der Waals surface area contributed by atoms with E-state index in [9.17, 15) is 0 Å². The van der Waals surface area contributed by atoms with Gasteiger partial charge in [-0.25, -0.2) is 4.98 Å². The number of aromatic nitrogens is 1. The maximum Gasteiger partial charge on any atom is 0.124 e. The number of anilines is 3. The van der Waals surface area contributed by atoms with Crippen molar-refractivity contribution in [2.75, 3.05) is 4.90 Å². The molecule has 0 saturated heterocycles. The molecule has 0 bridgehead atoms. The molecule has 0 amide bonds. The Morgan fingerprint density at radius 3 is 2.05 bits per heavy atom. The maximum absolute atomic E-state index is 4.92. The van der Waals surface area contributed by atoms with Gasteiger partial charge in [-0.15, -0.1) is 11.3 Å². The summed E-state index contributed by atoms with van der Waals surface area (Å²) in [6.07, 6.45) is 0. The van der Waals surface area contributed by atoms with Crippen molar-refractivity contribution in [1.29, 1.82) is 0 Å². The third-order valence-corrected chi connectivity index (χ3v) is 8.56. The Labute approximate surface area is 221 Å². The van der Waals surface area contributed by atoms with Crippen LogP contribution in [0.5, 0.6) is 0 Å². The van der Waals surface area contributed by atoms with Crippen LogP contribution in [0, 0.1) is 0 Å². The summed E-state index contributed by atoms with van der Waals surface area (Å²) in [5.41, 5.74) is 11.0. The Balaban J connectivity index is 1.38. The Kier molecular flexibility index (Phi) is 5.02. The predicted octanol–water partition coefficient (Wildman–Crippen LogP) is 9.74. The van der Waals surface area contributed by atoms with Crippen LogP contribution in [0.25, 0.3) is 31.9 Å². The first kappa shape index (κ1) is 22.0. The second-order valence-corrected chi connectivity index (χ2v) is 11.1. The summed E-state index contributed by atoms with van der Waals surface area (Å²) in [5, 5.41) is 1.05. The zero-order valence-electron chi connectivity index (χ0n) is 20.8. The summed E-state index contributed by atoms with van der Waals surface area (Å²) in [4.78, 5) is 7.28. The average Bonchev–Trinajstić information content (AvgIpc) is 3.47. The zero-order valence-corrected chi connectivity index (χ0v) is 21.7. The van der Waals surface area contributed by atoms with Crippen LogP contribution in [0.2, 0.25) is 0 Å². The summed E-state index contributed by atoms with van der Waals surface area (Å²) in [7, 11) is 0. The molecule has 178 valence electrons. The summed E-state index contributed by atoms with van der Waals surface area (Å²) in [5.74, 6) is 0. The van der Waals surface area contributed by atoms with E-state index in [2.05, 4.69) is 134 Å². The summed E-state index contributed by atoms with van der Waals surface area (Å²) in [6.45, 7) is 4.67. The number of rotatable bonds is 4. The highest BCUT2D eigenvalue weighted by Crippen LogP contribution is 2.50. The van der Waals surface area contributed by atoms with E-state index < -0.39 is 0 Å². The fraction of sp³-hybridized carbons (Fsp3) is 0.0882. The monoisotopic (exact) mass is 494 g/mol. The molecule has 0 aliphatic heterocycles. The highest BCUT2D eigenvalue weighted by Gasteiger charge is 2.35. The molecule has 0 saturated carbocycles. The van der Waals surface area contributed by atoms with Crippen molar-refractivity contribution in [2.24, 2.45) is 0 Å². The van der Waals surface area contributed by atoms with Gasteiger partial charge < -0.3 is 4.90 Å². The van der Waals surface area contributed by atoms with E-state index in [1.165, 1.54) is 27.0 Å². The highest BCUT2D eigenvalue weighted by atomic mass is 32.1. The van der Waals surface area contributed by atoms with Crippen LogP contribution >= 0.6 is 11.3 Å². The van der Waals surface area contributed by atoms with Gasteiger partial charge in [-0.2, -0.15) is 0 Å². The van der Waals surface area contributed by atoms with E-state index in [1.54, 1.807) is 11.3 Å². The SMILES string of the molecule is CC1(C)c2ccccc2-c2ccc(N(c3ccccc3)c3ccc4nc(-c5ccccc5)sc4c3)cc21. The molecule has 0 spiro atoms. The third kappa shape index (κ3) is 3.58. The highest BCUT2D eigenvalue weighted by molar-refractivity contribution is 7.21. The lowest BCUT2D eigenvalue weighted by molar-refractivity contribution is 0.660. The van der Waals surface area contributed by atoms with Gasteiger partial charge in [0.05, 0.1) is 10.2 Å². The van der Waals surface area contributed by atoms with E-state index in [-0.39, 0.29) is 5.41 Å². The molecule has 1 heterocycles. The summed E-state index contributed by atoms with van der Waals surface area (Å²) < 4.78 is 1.19. The van der Waals surface area contributed by atoms with Crippen molar-refractivity contribution >= 4 is 38.6 Å². The van der Waals surface area contributed by atoms with Crippen LogP contribution in [0.15, 0.2) is 121 Å². The van der Waals surface area contributed by atoms with Crippen LogP contribution < -0.4 is 4.90 Å². The van der Waals surface area contributed by atoms with Crippen LogP contribution in [0.3, 0.4) is 0 Å². The molecular weight excluding hydrogens is 468 g/mol. The summed E-state index contributed by atoms with van der Waals surface area (Å²) in [6, 6.07) is 43.4. The number of hydrogen-bond acceptors (Lipinski definition) is 3. The van der Waals surface area contributed by atoms with Crippen LogP contribution in [-0.4, -0.2) is 4.98 Å². The molecule has 3 heteroatoms. The van der Waals surface area contributed by atoms with Gasteiger partial charge in [-0.05, 0) is 64.7 Å². The van der Waals surface area contributed by atoms with Crippen molar-refractivity contribution < 1.29 is 0 Å². The molecule has 1 aliphatic carbocycles. The van der Waals surface area contributed by atoms with Gasteiger partial charge in [0.2, 0.25) is 0 Å². The number of para-hydroxylation sites is 1. The van der Waals surface area contributed by atoms with Gasteiger partial charge in [0.25, 0.3) is 0 Å². The number of fused-ring (bicyclic) bond motifs is 4. The average molecular weight is 495 g/mol. The first-order chi connectivity index (χ1) is 18.1. The quantitative estimate of drug-likeness (QED) is 0.242. The molecule has 5 aromatic carbocycles. The summed E-state index contributed by atoms with van der Waals surface area (Å²) >= 11 is 1.75. The van der Waals surface area contributed by atoms with E-state index in [0.717, 1.165) is 33.1 Å². The largest absolute Gasteiger partial charge is 0.310 e. The molecule has 2 nitrogen and oxygen atoms in total. The minimum absolute atomic E-state index is 0.0451. The van der Waals surface area contributed by atoms with Crippen LogP contribution in [0.1, 0.15) is 25.0 Å². The van der Waals surface area contributed by atoms with Crippen LogP contribution in [-0.2, 0) is 5.41 Å². The van der Waals surface area contributed by atoms with Gasteiger partial charge in [0.1, 0.15) is 5.01 Å². The minimum atomic E-state index is -0.0451. The third-order valence-electron chi connectivity index (χ3n) is 7.49. The van der Waals surface area contributed by atoms with Gasteiger partial charge >= 0.3 is 0 Å². The molecule has 1 aromatic heterocycles. The Bertz CT molecular complexity index is 1750. The molecule has 0 fully saturated rings. The molecule has 6 aromatic rings.